The zero-order valence-corrected chi connectivity index (χ0v) is 16.0. The summed E-state index contributed by atoms with van der Waals surface area (Å²) < 4.78 is 11.5. The van der Waals surface area contributed by atoms with Crippen LogP contribution in [0.3, 0.4) is 0 Å². The number of nitrogens with zero attached hydrogens (tertiary/aromatic N) is 4. The normalized spacial score (nSPS) is 13.0. The van der Waals surface area contributed by atoms with Crippen LogP contribution in [0.5, 0.6) is 0 Å². The van der Waals surface area contributed by atoms with E-state index in [1.807, 2.05) is 13.8 Å². The molecule has 2 aromatic heterocycles. The highest BCUT2D eigenvalue weighted by atomic mass is 16.4. The predicted molar refractivity (Wildman–Crippen MR) is 91.7 cm³/mol. The summed E-state index contributed by atoms with van der Waals surface area (Å²) in [7, 11) is 0. The van der Waals surface area contributed by atoms with Crippen LogP contribution >= 0.6 is 0 Å². The van der Waals surface area contributed by atoms with Crippen LogP contribution in [0.15, 0.2) is 8.83 Å². The minimum Gasteiger partial charge on any atom is -0.425 e. The second kappa shape index (κ2) is 7.03. The molecular weight excluding hydrogens is 304 g/mol. The van der Waals surface area contributed by atoms with Gasteiger partial charge < -0.3 is 8.83 Å². The zero-order valence-electron chi connectivity index (χ0n) is 16.0. The second-order valence-corrected chi connectivity index (χ2v) is 8.86. The Morgan fingerprint density at radius 1 is 0.792 bits per heavy atom. The van der Waals surface area contributed by atoms with E-state index >= 15 is 0 Å². The molecule has 0 aliphatic rings. The number of aromatic nitrogens is 4. The third-order valence-electron chi connectivity index (χ3n) is 3.81. The van der Waals surface area contributed by atoms with Crippen molar-refractivity contribution in [2.75, 3.05) is 0 Å². The van der Waals surface area contributed by atoms with Crippen molar-refractivity contribution in [1.29, 1.82) is 0 Å². The average Bonchev–Trinajstić information content (AvgIpc) is 3.03. The minimum absolute atomic E-state index is 0.0272. The number of aryl methyl sites for hydroxylation is 1. The third kappa shape index (κ3) is 5.73. The molecule has 6 heteroatoms. The van der Waals surface area contributed by atoms with Gasteiger partial charge in [-0.1, -0.05) is 48.5 Å². The van der Waals surface area contributed by atoms with Gasteiger partial charge in [0.15, 0.2) is 0 Å². The van der Waals surface area contributed by atoms with Gasteiger partial charge in [-0.15, -0.1) is 20.4 Å². The average molecular weight is 334 g/mol. The van der Waals surface area contributed by atoms with Crippen LogP contribution in [0.1, 0.15) is 84.4 Å². The molecule has 2 heterocycles. The van der Waals surface area contributed by atoms with Gasteiger partial charge in [-0.2, -0.15) is 0 Å². The largest absolute Gasteiger partial charge is 0.425 e. The molecule has 0 bridgehead atoms. The summed E-state index contributed by atoms with van der Waals surface area (Å²) in [5.74, 6) is 3.07. The first-order valence-electron chi connectivity index (χ1n) is 8.68. The van der Waals surface area contributed by atoms with Crippen molar-refractivity contribution in [1.82, 2.24) is 20.4 Å². The molecule has 0 fully saturated rings. The quantitative estimate of drug-likeness (QED) is 0.748. The Morgan fingerprint density at radius 3 is 1.96 bits per heavy atom. The number of hydrogen-bond donors (Lipinski definition) is 0. The maximum Gasteiger partial charge on any atom is 0.219 e. The van der Waals surface area contributed by atoms with Gasteiger partial charge in [-0.3, -0.25) is 0 Å². The Labute approximate surface area is 144 Å². The van der Waals surface area contributed by atoms with E-state index in [2.05, 4.69) is 55.0 Å². The molecule has 0 unspecified atom stereocenters. The van der Waals surface area contributed by atoms with E-state index < -0.39 is 0 Å². The van der Waals surface area contributed by atoms with Crippen molar-refractivity contribution >= 4 is 0 Å². The van der Waals surface area contributed by atoms with Crippen molar-refractivity contribution in [3.63, 3.8) is 0 Å². The summed E-state index contributed by atoms with van der Waals surface area (Å²) in [5.41, 5.74) is 0.175. The van der Waals surface area contributed by atoms with Crippen LogP contribution in [-0.4, -0.2) is 20.4 Å². The van der Waals surface area contributed by atoms with Gasteiger partial charge in [0, 0.05) is 25.2 Å². The van der Waals surface area contributed by atoms with E-state index in [9.17, 15) is 0 Å². The van der Waals surface area contributed by atoms with Gasteiger partial charge in [0.2, 0.25) is 23.6 Å². The van der Waals surface area contributed by atoms with Crippen LogP contribution in [0.25, 0.3) is 0 Å². The molecule has 0 N–H and O–H groups in total. The first-order chi connectivity index (χ1) is 11.0. The maximum atomic E-state index is 5.77. The van der Waals surface area contributed by atoms with Crippen LogP contribution in [0, 0.1) is 10.8 Å². The fourth-order valence-electron chi connectivity index (χ4n) is 2.43. The molecule has 0 aliphatic carbocycles. The third-order valence-corrected chi connectivity index (χ3v) is 3.81. The lowest BCUT2D eigenvalue weighted by atomic mass is 9.84. The molecular formula is C18H30N4O2. The zero-order chi connectivity index (χ0) is 18.0. The molecule has 134 valence electrons. The molecule has 24 heavy (non-hydrogen) atoms. The predicted octanol–water partition coefficient (Wildman–Crippen LogP) is 4.37. The van der Waals surface area contributed by atoms with Crippen molar-refractivity contribution in [3.8, 4) is 0 Å². The SMILES string of the molecule is CC(C)c1nnc(CC(C)(C)CCc2nnc(CC(C)(C)C)o2)o1. The Morgan fingerprint density at radius 2 is 1.38 bits per heavy atom. The number of rotatable bonds is 7. The molecule has 0 radical (unpaired) electrons. The fourth-order valence-corrected chi connectivity index (χ4v) is 2.43. The summed E-state index contributed by atoms with van der Waals surface area (Å²) in [6, 6.07) is 0. The van der Waals surface area contributed by atoms with Crippen LogP contribution in [-0.2, 0) is 19.3 Å². The van der Waals surface area contributed by atoms with Crippen molar-refractivity contribution in [2.24, 2.45) is 10.8 Å². The van der Waals surface area contributed by atoms with E-state index in [0.717, 1.165) is 25.7 Å². The lowest BCUT2D eigenvalue weighted by Gasteiger charge is -2.21. The fraction of sp³-hybridized carbons (Fsp3) is 0.778. The highest BCUT2D eigenvalue weighted by Crippen LogP contribution is 2.28. The first kappa shape index (κ1) is 18.6. The van der Waals surface area contributed by atoms with Gasteiger partial charge in [0.25, 0.3) is 0 Å². The van der Waals surface area contributed by atoms with Gasteiger partial charge in [-0.25, -0.2) is 0 Å². The monoisotopic (exact) mass is 334 g/mol. The van der Waals surface area contributed by atoms with E-state index in [-0.39, 0.29) is 16.7 Å². The highest BCUT2D eigenvalue weighted by Gasteiger charge is 2.24. The summed E-state index contributed by atoms with van der Waals surface area (Å²) in [4.78, 5) is 0. The molecule has 0 aromatic carbocycles. The summed E-state index contributed by atoms with van der Waals surface area (Å²) in [5, 5.41) is 16.6. The molecule has 6 nitrogen and oxygen atoms in total. The topological polar surface area (TPSA) is 77.8 Å². The maximum absolute atomic E-state index is 5.77. The van der Waals surface area contributed by atoms with Crippen molar-refractivity contribution in [2.45, 2.75) is 80.1 Å². The van der Waals surface area contributed by atoms with E-state index in [1.165, 1.54) is 0 Å². The van der Waals surface area contributed by atoms with Gasteiger partial charge in [-0.05, 0) is 17.3 Å². The molecule has 0 amide bonds. The Bertz CT molecular complexity index is 650. The Hall–Kier alpha value is -1.72. The molecule has 2 aromatic rings. The summed E-state index contributed by atoms with van der Waals surface area (Å²) in [6.07, 6.45) is 3.22. The Kier molecular flexibility index (Phi) is 5.45. The standard InChI is InChI=1S/C18H30N4O2/c1-12(2)16-22-21-15(24-16)11-18(6,7)9-8-13-19-20-14(23-13)10-17(3,4)5/h12H,8-11H2,1-7H3. The summed E-state index contributed by atoms with van der Waals surface area (Å²) in [6.45, 7) is 15.0. The molecule has 0 spiro atoms. The van der Waals surface area contributed by atoms with E-state index in [4.69, 9.17) is 8.83 Å². The van der Waals surface area contributed by atoms with Gasteiger partial charge in [0.1, 0.15) is 0 Å². The molecule has 0 saturated carbocycles. The van der Waals surface area contributed by atoms with Crippen LogP contribution < -0.4 is 0 Å². The summed E-state index contributed by atoms with van der Waals surface area (Å²) >= 11 is 0. The molecule has 0 atom stereocenters. The van der Waals surface area contributed by atoms with Crippen molar-refractivity contribution < 1.29 is 8.83 Å². The second-order valence-electron chi connectivity index (χ2n) is 8.86. The van der Waals surface area contributed by atoms with Gasteiger partial charge in [0.05, 0.1) is 0 Å². The minimum atomic E-state index is 0.0272. The molecule has 0 saturated heterocycles. The number of hydrogen-bond acceptors (Lipinski definition) is 6. The highest BCUT2D eigenvalue weighted by molar-refractivity contribution is 4.92. The molecule has 2 rings (SSSR count). The Balaban J connectivity index is 1.89. The molecule has 0 aliphatic heterocycles. The van der Waals surface area contributed by atoms with E-state index in [1.54, 1.807) is 0 Å². The smallest absolute Gasteiger partial charge is 0.219 e. The van der Waals surface area contributed by atoms with Gasteiger partial charge >= 0.3 is 0 Å². The van der Waals surface area contributed by atoms with E-state index in [0.29, 0.717) is 23.6 Å². The van der Waals surface area contributed by atoms with Crippen molar-refractivity contribution in [3.05, 3.63) is 23.6 Å². The lowest BCUT2D eigenvalue weighted by molar-refractivity contribution is 0.279. The first-order valence-corrected chi connectivity index (χ1v) is 8.68. The van der Waals surface area contributed by atoms with Crippen LogP contribution in [0.4, 0.5) is 0 Å². The lowest BCUT2D eigenvalue weighted by Crippen LogP contribution is -2.16. The van der Waals surface area contributed by atoms with Crippen LogP contribution in [0.2, 0.25) is 0 Å².